The second kappa shape index (κ2) is 10.9. The molecule has 5 rings (SSSR count). The van der Waals surface area contributed by atoms with Crippen LogP contribution in [0.25, 0.3) is 0 Å². The van der Waals surface area contributed by atoms with E-state index < -0.39 is 0 Å². The minimum atomic E-state index is -0.225. The van der Waals surface area contributed by atoms with Crippen molar-refractivity contribution >= 4 is 29.3 Å². The minimum absolute atomic E-state index is 0.225. The fraction of sp³-hybridized carbons (Fsp3) is 0.393. The smallest absolute Gasteiger partial charge is 0.256 e. The number of piperidine rings is 1. The molecule has 2 aliphatic heterocycles. The van der Waals surface area contributed by atoms with E-state index in [2.05, 4.69) is 32.5 Å². The van der Waals surface area contributed by atoms with Crippen molar-refractivity contribution in [2.45, 2.75) is 25.9 Å². The highest BCUT2D eigenvalue weighted by molar-refractivity contribution is 6.30. The summed E-state index contributed by atoms with van der Waals surface area (Å²) < 4.78 is 5.35. The van der Waals surface area contributed by atoms with Gasteiger partial charge >= 0.3 is 0 Å². The Bertz CT molecular complexity index is 1240. The van der Waals surface area contributed by atoms with Gasteiger partial charge in [-0.1, -0.05) is 41.9 Å². The zero-order chi connectivity index (χ0) is 25.8. The van der Waals surface area contributed by atoms with E-state index in [-0.39, 0.29) is 5.91 Å². The van der Waals surface area contributed by atoms with Gasteiger partial charge in [0.2, 0.25) is 5.95 Å². The van der Waals surface area contributed by atoms with Crippen LogP contribution in [0.15, 0.2) is 54.7 Å². The number of carbonyl (C=O) groups excluding carboxylic acids is 1. The Labute approximate surface area is 223 Å². The summed E-state index contributed by atoms with van der Waals surface area (Å²) in [5, 5.41) is 6.93. The number of nitrogens with zero attached hydrogens (tertiary/aromatic N) is 4. The molecule has 0 bridgehead atoms. The fourth-order valence-corrected chi connectivity index (χ4v) is 5.57. The van der Waals surface area contributed by atoms with Crippen LogP contribution in [-0.4, -0.2) is 61.1 Å². The molecular weight excluding hydrogens is 488 g/mol. The molecule has 0 aliphatic carbocycles. The monoisotopic (exact) mass is 520 g/mol. The molecule has 2 saturated heterocycles. The summed E-state index contributed by atoms with van der Waals surface area (Å²) in [6.45, 7) is 5.02. The number of methoxy groups -OCH3 is 1. The van der Waals surface area contributed by atoms with Crippen molar-refractivity contribution in [1.29, 1.82) is 0 Å². The number of carbonyl (C=O) groups is 1. The summed E-state index contributed by atoms with van der Waals surface area (Å²) in [6, 6.07) is 15.4. The normalized spacial score (nSPS) is 16.8. The predicted octanol–water partition coefficient (Wildman–Crippen LogP) is 4.21. The molecule has 194 valence electrons. The van der Waals surface area contributed by atoms with Gasteiger partial charge in [0, 0.05) is 50.5 Å². The van der Waals surface area contributed by atoms with Crippen LogP contribution in [0, 0.1) is 5.41 Å². The van der Waals surface area contributed by atoms with Crippen molar-refractivity contribution in [2.24, 2.45) is 5.41 Å². The maximum atomic E-state index is 13.2. The van der Waals surface area contributed by atoms with Crippen LogP contribution in [0.4, 0.5) is 11.8 Å². The van der Waals surface area contributed by atoms with E-state index in [1.807, 2.05) is 42.5 Å². The van der Waals surface area contributed by atoms with Gasteiger partial charge < -0.3 is 25.2 Å². The highest BCUT2D eigenvalue weighted by atomic mass is 35.5. The largest absolute Gasteiger partial charge is 0.497 e. The Hall–Kier alpha value is -3.36. The van der Waals surface area contributed by atoms with E-state index in [0.717, 1.165) is 50.1 Å². The molecule has 1 amide bonds. The van der Waals surface area contributed by atoms with Crippen molar-refractivity contribution in [1.82, 2.24) is 20.2 Å². The molecule has 0 saturated carbocycles. The lowest BCUT2D eigenvalue weighted by molar-refractivity contribution is 0.00111. The quantitative estimate of drug-likeness (QED) is 0.460. The first kappa shape index (κ1) is 25.3. The highest BCUT2D eigenvalue weighted by Crippen LogP contribution is 2.40. The standard InChI is InChI=1S/C28H33ClN6O2/c1-34-18-28(19-34)8-10-35(11-9-28)27-32-17-24(26(36)31-15-20-6-4-3-5-7-20)25(33-27)30-16-21-12-22(29)14-23(13-21)37-2/h3-7,12-14,17H,8-11,15-16,18-19H2,1-2H3,(H,31,36)(H,30,32,33). The second-order valence-corrected chi connectivity index (χ2v) is 10.5. The summed E-state index contributed by atoms with van der Waals surface area (Å²) in [5.41, 5.74) is 2.80. The number of nitrogens with one attached hydrogen (secondary N) is 2. The Morgan fingerprint density at radius 1 is 1.08 bits per heavy atom. The highest BCUT2D eigenvalue weighted by Gasteiger charge is 2.43. The average molecular weight is 521 g/mol. The van der Waals surface area contributed by atoms with Crippen LogP contribution in [0.1, 0.15) is 34.3 Å². The molecule has 2 aliphatic rings. The first-order valence-electron chi connectivity index (χ1n) is 12.6. The summed E-state index contributed by atoms with van der Waals surface area (Å²) in [5.74, 6) is 1.60. The fourth-order valence-electron chi connectivity index (χ4n) is 5.32. The Morgan fingerprint density at radius 2 is 1.84 bits per heavy atom. The average Bonchev–Trinajstić information content (AvgIpc) is 2.90. The van der Waals surface area contributed by atoms with Crippen LogP contribution in [0.5, 0.6) is 5.75 Å². The number of likely N-dealkylation sites (tertiary alicyclic amines) is 1. The van der Waals surface area contributed by atoms with Gasteiger partial charge in [0.1, 0.15) is 17.1 Å². The topological polar surface area (TPSA) is 82.6 Å². The maximum absolute atomic E-state index is 13.2. The third kappa shape index (κ3) is 5.97. The molecule has 2 aromatic carbocycles. The summed E-state index contributed by atoms with van der Waals surface area (Å²) in [4.78, 5) is 27.2. The van der Waals surface area contributed by atoms with Gasteiger partial charge in [0.15, 0.2) is 0 Å². The maximum Gasteiger partial charge on any atom is 0.256 e. The number of halogens is 1. The number of hydrogen-bond donors (Lipinski definition) is 2. The zero-order valence-corrected chi connectivity index (χ0v) is 22.1. The SMILES string of the molecule is COc1cc(Cl)cc(CNc2nc(N3CCC4(CC3)CN(C)C4)ncc2C(=O)NCc2ccccc2)c1. The summed E-state index contributed by atoms with van der Waals surface area (Å²) >= 11 is 6.26. The van der Waals surface area contributed by atoms with E-state index in [1.54, 1.807) is 19.4 Å². The first-order chi connectivity index (χ1) is 17.9. The number of ether oxygens (including phenoxy) is 1. The summed E-state index contributed by atoms with van der Waals surface area (Å²) in [7, 11) is 3.79. The molecule has 1 spiro atoms. The Morgan fingerprint density at radius 3 is 2.54 bits per heavy atom. The van der Waals surface area contributed by atoms with E-state index in [0.29, 0.717) is 46.6 Å². The molecule has 0 unspecified atom stereocenters. The number of benzene rings is 2. The van der Waals surface area contributed by atoms with Crippen molar-refractivity contribution in [3.05, 3.63) is 76.4 Å². The predicted molar refractivity (Wildman–Crippen MR) is 146 cm³/mol. The molecule has 9 heteroatoms. The van der Waals surface area contributed by atoms with Crippen molar-refractivity contribution in [2.75, 3.05) is 50.6 Å². The van der Waals surface area contributed by atoms with Crippen molar-refractivity contribution in [3.8, 4) is 5.75 Å². The number of amides is 1. The number of aromatic nitrogens is 2. The molecule has 1 aromatic heterocycles. The van der Waals surface area contributed by atoms with Gasteiger partial charge in [-0.05, 0) is 54.6 Å². The molecule has 3 aromatic rings. The van der Waals surface area contributed by atoms with Crippen LogP contribution in [-0.2, 0) is 13.1 Å². The third-order valence-corrected chi connectivity index (χ3v) is 7.48. The van der Waals surface area contributed by atoms with Crippen LogP contribution in [0.2, 0.25) is 5.02 Å². The van der Waals surface area contributed by atoms with Crippen LogP contribution >= 0.6 is 11.6 Å². The van der Waals surface area contributed by atoms with Gasteiger partial charge in [0.05, 0.1) is 7.11 Å². The van der Waals surface area contributed by atoms with Gasteiger partial charge in [-0.3, -0.25) is 4.79 Å². The molecular formula is C28H33ClN6O2. The Kier molecular flexibility index (Phi) is 7.48. The van der Waals surface area contributed by atoms with E-state index >= 15 is 0 Å². The number of rotatable bonds is 8. The molecule has 37 heavy (non-hydrogen) atoms. The van der Waals surface area contributed by atoms with E-state index in [1.165, 1.54) is 0 Å². The lowest BCUT2D eigenvalue weighted by Gasteiger charge is -2.52. The molecule has 8 nitrogen and oxygen atoms in total. The number of anilines is 2. The molecule has 2 N–H and O–H groups in total. The zero-order valence-electron chi connectivity index (χ0n) is 21.3. The van der Waals surface area contributed by atoms with Gasteiger partial charge in [-0.25, -0.2) is 4.98 Å². The second-order valence-electron chi connectivity index (χ2n) is 10.1. The van der Waals surface area contributed by atoms with Gasteiger partial charge in [0.25, 0.3) is 5.91 Å². The molecule has 3 heterocycles. The van der Waals surface area contributed by atoms with Crippen LogP contribution in [0.3, 0.4) is 0 Å². The third-order valence-electron chi connectivity index (χ3n) is 7.26. The van der Waals surface area contributed by atoms with Crippen molar-refractivity contribution < 1.29 is 9.53 Å². The lowest BCUT2D eigenvalue weighted by Crippen LogP contribution is -2.58. The van der Waals surface area contributed by atoms with E-state index in [9.17, 15) is 4.79 Å². The molecule has 0 atom stereocenters. The lowest BCUT2D eigenvalue weighted by atomic mass is 9.72. The van der Waals surface area contributed by atoms with E-state index in [4.69, 9.17) is 21.3 Å². The Balaban J connectivity index is 1.34. The molecule has 0 radical (unpaired) electrons. The summed E-state index contributed by atoms with van der Waals surface area (Å²) in [6.07, 6.45) is 3.89. The minimum Gasteiger partial charge on any atom is -0.497 e. The van der Waals surface area contributed by atoms with Gasteiger partial charge in [-0.15, -0.1) is 0 Å². The first-order valence-corrected chi connectivity index (χ1v) is 13.0. The van der Waals surface area contributed by atoms with Crippen LogP contribution < -0.4 is 20.3 Å². The van der Waals surface area contributed by atoms with Crippen molar-refractivity contribution in [3.63, 3.8) is 0 Å². The number of hydrogen-bond acceptors (Lipinski definition) is 7. The molecule has 2 fully saturated rings. The van der Waals surface area contributed by atoms with Gasteiger partial charge in [-0.2, -0.15) is 4.98 Å².